The normalized spacial score (nSPS) is 18.9. The number of nitrogens with zero attached hydrogens (tertiary/aromatic N) is 1. The van der Waals surface area contributed by atoms with Crippen molar-refractivity contribution < 1.29 is 23.0 Å². The maximum absolute atomic E-state index is 14.1. The van der Waals surface area contributed by atoms with Crippen molar-refractivity contribution in [1.82, 2.24) is 15.5 Å². The molecule has 1 fully saturated rings. The molecule has 0 saturated carbocycles. The van der Waals surface area contributed by atoms with Gasteiger partial charge in [0.1, 0.15) is 11.6 Å². The number of fused-ring (bicyclic) bond motifs is 1. The van der Waals surface area contributed by atoms with Crippen LogP contribution in [0.15, 0.2) is 66.7 Å². The van der Waals surface area contributed by atoms with Crippen LogP contribution in [0.5, 0.6) is 11.5 Å². The molecular weight excluding hydrogens is 464 g/mol. The second-order valence-corrected chi connectivity index (χ2v) is 9.21. The highest BCUT2D eigenvalue weighted by atomic mass is 19.1. The lowest BCUT2D eigenvalue weighted by Gasteiger charge is -2.23. The van der Waals surface area contributed by atoms with Crippen LogP contribution in [0.4, 0.5) is 8.78 Å². The van der Waals surface area contributed by atoms with Crippen molar-refractivity contribution >= 4 is 5.91 Å². The molecule has 1 amide bonds. The van der Waals surface area contributed by atoms with Gasteiger partial charge in [-0.1, -0.05) is 36.4 Å². The van der Waals surface area contributed by atoms with E-state index in [0.29, 0.717) is 32.5 Å². The second-order valence-electron chi connectivity index (χ2n) is 9.21. The second kappa shape index (κ2) is 11.1. The Bertz CT molecular complexity index is 1210. The van der Waals surface area contributed by atoms with E-state index in [1.54, 1.807) is 0 Å². The third-order valence-electron chi connectivity index (χ3n) is 6.67. The zero-order valence-corrected chi connectivity index (χ0v) is 19.9. The topological polar surface area (TPSA) is 62.8 Å². The summed E-state index contributed by atoms with van der Waals surface area (Å²) < 4.78 is 38.4. The largest absolute Gasteiger partial charge is 0.454 e. The van der Waals surface area contributed by atoms with Gasteiger partial charge in [0.2, 0.25) is 12.7 Å². The molecular formula is C28H29F2N3O3. The van der Waals surface area contributed by atoms with Crippen LogP contribution in [0.1, 0.15) is 23.1 Å². The number of amides is 1. The maximum atomic E-state index is 14.1. The molecule has 2 N–H and O–H groups in total. The third kappa shape index (κ3) is 5.83. The van der Waals surface area contributed by atoms with Gasteiger partial charge in [-0.15, -0.1) is 0 Å². The van der Waals surface area contributed by atoms with E-state index >= 15 is 0 Å². The molecule has 2 atom stereocenters. The first-order chi connectivity index (χ1) is 17.5. The predicted octanol–water partition coefficient (Wildman–Crippen LogP) is 3.79. The number of hydrogen-bond donors (Lipinski definition) is 2. The van der Waals surface area contributed by atoms with Gasteiger partial charge in [0.15, 0.2) is 11.5 Å². The van der Waals surface area contributed by atoms with E-state index in [1.165, 1.54) is 6.07 Å². The van der Waals surface area contributed by atoms with Crippen LogP contribution >= 0.6 is 0 Å². The van der Waals surface area contributed by atoms with E-state index in [0.717, 1.165) is 34.8 Å². The molecule has 5 rings (SSSR count). The number of hydrogen-bond acceptors (Lipinski definition) is 5. The summed E-state index contributed by atoms with van der Waals surface area (Å²) in [5.74, 6) is 0.521. The van der Waals surface area contributed by atoms with Crippen LogP contribution in [-0.2, 0) is 24.3 Å². The van der Waals surface area contributed by atoms with Gasteiger partial charge in [-0.2, -0.15) is 0 Å². The number of nitrogens with one attached hydrogen (secondary N) is 2. The molecule has 2 aliphatic rings. The Morgan fingerprint density at radius 1 is 0.972 bits per heavy atom. The Labute approximate surface area is 209 Å². The molecule has 3 aromatic carbocycles. The lowest BCUT2D eigenvalue weighted by Crippen LogP contribution is -2.43. The molecule has 188 valence electrons. The first kappa shape index (κ1) is 24.2. The van der Waals surface area contributed by atoms with Crippen LogP contribution < -0.4 is 20.1 Å². The van der Waals surface area contributed by atoms with Crippen LogP contribution in [0.2, 0.25) is 0 Å². The number of carbonyl (C=O) groups excluding carboxylic acids is 1. The zero-order chi connectivity index (χ0) is 24.9. The lowest BCUT2D eigenvalue weighted by atomic mass is 10.1. The molecule has 36 heavy (non-hydrogen) atoms. The predicted molar refractivity (Wildman–Crippen MR) is 132 cm³/mol. The van der Waals surface area contributed by atoms with E-state index in [2.05, 4.69) is 15.5 Å². The van der Waals surface area contributed by atoms with Crippen molar-refractivity contribution in [2.24, 2.45) is 0 Å². The summed E-state index contributed by atoms with van der Waals surface area (Å²) >= 11 is 0. The Balaban J connectivity index is 1.20. The summed E-state index contributed by atoms with van der Waals surface area (Å²) in [5.41, 5.74) is 2.46. The third-order valence-corrected chi connectivity index (χ3v) is 6.67. The fourth-order valence-corrected chi connectivity index (χ4v) is 4.79. The van der Waals surface area contributed by atoms with E-state index in [9.17, 15) is 13.6 Å². The Hall–Kier alpha value is -3.49. The quantitative estimate of drug-likeness (QED) is 0.475. The van der Waals surface area contributed by atoms with Crippen LogP contribution in [-0.4, -0.2) is 42.8 Å². The molecule has 0 aliphatic carbocycles. The van der Waals surface area contributed by atoms with E-state index in [-0.39, 0.29) is 36.9 Å². The first-order valence-electron chi connectivity index (χ1n) is 12.2. The number of likely N-dealkylation sites (tertiary alicyclic amines) is 1. The molecule has 0 aromatic heterocycles. The molecule has 2 aliphatic heterocycles. The average Bonchev–Trinajstić information content (AvgIpc) is 3.52. The van der Waals surface area contributed by atoms with E-state index < -0.39 is 11.6 Å². The summed E-state index contributed by atoms with van der Waals surface area (Å²) in [5, 5.41) is 6.40. The minimum Gasteiger partial charge on any atom is -0.454 e. The summed E-state index contributed by atoms with van der Waals surface area (Å²) in [4.78, 5) is 15.4. The summed E-state index contributed by atoms with van der Waals surface area (Å²) in [6.45, 7) is 2.20. The monoisotopic (exact) mass is 493 g/mol. The number of benzene rings is 3. The van der Waals surface area contributed by atoms with Gasteiger partial charge < -0.3 is 20.1 Å². The molecule has 2 heterocycles. The Morgan fingerprint density at radius 2 is 1.81 bits per heavy atom. The van der Waals surface area contributed by atoms with Crippen LogP contribution in [0.3, 0.4) is 0 Å². The maximum Gasteiger partial charge on any atom is 0.237 e. The minimum absolute atomic E-state index is 0.0269. The summed E-state index contributed by atoms with van der Waals surface area (Å²) in [6, 6.07) is 18.9. The van der Waals surface area contributed by atoms with Crippen LogP contribution in [0, 0.1) is 11.6 Å². The highest BCUT2D eigenvalue weighted by Crippen LogP contribution is 2.32. The zero-order valence-electron chi connectivity index (χ0n) is 19.9. The molecule has 0 bridgehead atoms. The minimum atomic E-state index is -0.468. The highest BCUT2D eigenvalue weighted by Gasteiger charge is 2.36. The average molecular weight is 494 g/mol. The first-order valence-corrected chi connectivity index (χ1v) is 12.2. The van der Waals surface area contributed by atoms with Gasteiger partial charge in [0, 0.05) is 37.8 Å². The van der Waals surface area contributed by atoms with Crippen molar-refractivity contribution in [1.29, 1.82) is 0 Å². The van der Waals surface area contributed by atoms with Crippen molar-refractivity contribution in [3.63, 3.8) is 0 Å². The number of carbonyl (C=O) groups is 1. The summed E-state index contributed by atoms with van der Waals surface area (Å²) in [6.07, 6.45) is 1.26. The van der Waals surface area contributed by atoms with E-state index in [4.69, 9.17) is 9.47 Å². The van der Waals surface area contributed by atoms with Gasteiger partial charge in [0.05, 0.1) is 6.04 Å². The summed E-state index contributed by atoms with van der Waals surface area (Å²) in [7, 11) is 0. The molecule has 3 aromatic rings. The van der Waals surface area contributed by atoms with Crippen molar-refractivity contribution in [3.05, 3.63) is 95.1 Å². The molecule has 0 spiro atoms. The van der Waals surface area contributed by atoms with Gasteiger partial charge in [-0.05, 0) is 54.3 Å². The van der Waals surface area contributed by atoms with Crippen LogP contribution in [0.25, 0.3) is 0 Å². The number of ether oxygens (including phenoxy) is 2. The van der Waals surface area contributed by atoms with Gasteiger partial charge in [-0.3, -0.25) is 9.69 Å². The van der Waals surface area contributed by atoms with Crippen molar-refractivity contribution in [3.8, 4) is 11.5 Å². The highest BCUT2D eigenvalue weighted by molar-refractivity contribution is 5.82. The molecule has 1 saturated heterocycles. The lowest BCUT2D eigenvalue weighted by molar-refractivity contribution is -0.125. The fourth-order valence-electron chi connectivity index (χ4n) is 4.79. The Kier molecular flexibility index (Phi) is 7.44. The smallest absolute Gasteiger partial charge is 0.237 e. The molecule has 0 radical (unpaired) electrons. The number of halogens is 2. The van der Waals surface area contributed by atoms with Crippen molar-refractivity contribution in [2.45, 2.75) is 38.0 Å². The molecule has 8 heteroatoms. The van der Waals surface area contributed by atoms with Gasteiger partial charge in [-0.25, -0.2) is 8.78 Å². The number of rotatable bonds is 9. The van der Waals surface area contributed by atoms with Gasteiger partial charge in [0.25, 0.3) is 0 Å². The SMILES string of the molecule is O=C(NCCc1ccc2c(c1)OCO2)[C@@H]1C[C@H](NCc2cc(F)ccc2F)CN1Cc1ccccc1. The molecule has 6 nitrogen and oxygen atoms in total. The molecule has 0 unspecified atom stereocenters. The van der Waals surface area contributed by atoms with Crippen molar-refractivity contribution in [2.75, 3.05) is 19.9 Å². The van der Waals surface area contributed by atoms with E-state index in [1.807, 2.05) is 48.5 Å². The van der Waals surface area contributed by atoms with Gasteiger partial charge >= 0.3 is 0 Å². The standard InChI is InChI=1S/C28H29F2N3O3/c29-22-7-8-24(30)21(13-22)15-32-23-14-25(33(17-23)16-20-4-2-1-3-5-20)28(34)31-11-10-19-6-9-26-27(12-19)36-18-35-26/h1-9,12-13,23,25,32H,10-11,14-18H2,(H,31,34)/t23-,25-/m0/s1. The Morgan fingerprint density at radius 3 is 2.67 bits per heavy atom. The fraction of sp³-hybridized carbons (Fsp3) is 0.321.